The Bertz CT molecular complexity index is 4080. The molecule has 0 radical (unpaired) electrons. The summed E-state index contributed by atoms with van der Waals surface area (Å²) in [6.45, 7) is 0.244. The maximum Gasteiger partial charge on any atom is 0.243 e. The molecule has 8 atom stereocenters. The molecule has 0 saturated carbocycles. The number of aromatic nitrogens is 4. The highest BCUT2D eigenvalue weighted by atomic mass is 16.2. The summed E-state index contributed by atoms with van der Waals surface area (Å²) < 4.78 is 0. The first kappa shape index (κ1) is 72.2. The Morgan fingerprint density at radius 3 is 0.670 bits per heavy atom. The van der Waals surface area contributed by atoms with E-state index in [1.165, 1.54) is 0 Å². The summed E-state index contributed by atoms with van der Waals surface area (Å²) in [6, 6.07) is 17.4. The molecular weight excluding hydrogens is 1280 g/mol. The van der Waals surface area contributed by atoms with Crippen LogP contribution in [0, 0.1) is 21.6 Å². The molecule has 0 unspecified atom stereocenters. The van der Waals surface area contributed by atoms with E-state index in [2.05, 4.69) is 83.7 Å². The molecule has 28 N–H and O–H groups in total. The fourth-order valence-electron chi connectivity index (χ4n) is 12.3. The number of nitrogens with two attached hydrogens (primary N) is 4. The van der Waals surface area contributed by atoms with Crippen LogP contribution in [0.5, 0.6) is 0 Å². The number of aromatic amines is 4. The predicted molar refractivity (Wildman–Crippen MR) is 380 cm³/mol. The predicted octanol–water partition coefficient (Wildman–Crippen LogP) is -0.173. The molecule has 1 saturated heterocycles. The summed E-state index contributed by atoms with van der Waals surface area (Å²) in [7, 11) is 0. The van der Waals surface area contributed by atoms with Crippen molar-refractivity contribution in [2.45, 2.75) is 125 Å². The van der Waals surface area contributed by atoms with E-state index in [0.717, 1.165) is 21.8 Å². The smallest absolute Gasteiger partial charge is 0.243 e. The number of rotatable bonds is 24. The minimum absolute atomic E-state index is 0.0583. The lowest BCUT2D eigenvalue weighted by molar-refractivity contribution is -0.136. The average molecular weight is 1370 g/mol. The highest BCUT2D eigenvalue weighted by Gasteiger charge is 2.37. The Labute approximate surface area is 574 Å². The van der Waals surface area contributed by atoms with Crippen LogP contribution in [0.15, 0.2) is 122 Å². The van der Waals surface area contributed by atoms with E-state index in [0.29, 0.717) is 44.1 Å². The van der Waals surface area contributed by atoms with Crippen molar-refractivity contribution in [1.29, 1.82) is 21.6 Å². The van der Waals surface area contributed by atoms with Gasteiger partial charge in [0.15, 0.2) is 23.8 Å². The second-order valence-electron chi connectivity index (χ2n) is 24.7. The minimum Gasteiger partial charge on any atom is -0.370 e. The van der Waals surface area contributed by atoms with E-state index in [4.69, 9.17) is 44.6 Å². The Morgan fingerprint density at radius 2 is 0.470 bits per heavy atom. The number of hydrogen-bond donors (Lipinski definition) is 24. The molecule has 8 amide bonds. The Hall–Kier alpha value is -12.1. The summed E-state index contributed by atoms with van der Waals surface area (Å²) in [4.78, 5) is 136. The van der Waals surface area contributed by atoms with Gasteiger partial charge < -0.3 is 107 Å². The van der Waals surface area contributed by atoms with Gasteiger partial charge in [0, 0.05) is 120 Å². The number of para-hydroxylation sites is 4. The molecule has 9 rings (SSSR count). The van der Waals surface area contributed by atoms with Gasteiger partial charge in [0.2, 0.25) is 47.3 Å². The normalized spacial score (nSPS) is 20.2. The summed E-state index contributed by atoms with van der Waals surface area (Å²) in [5, 5.41) is 67.7. The maximum absolute atomic E-state index is 15.7. The van der Waals surface area contributed by atoms with Crippen LogP contribution >= 0.6 is 0 Å². The molecule has 0 bridgehead atoms. The zero-order valence-electron chi connectivity index (χ0n) is 55.1. The number of fused-ring (bicyclic) bond motifs is 4. The molecule has 32 heteroatoms. The van der Waals surface area contributed by atoms with Crippen LogP contribution in [-0.4, -0.2) is 166 Å². The molecule has 100 heavy (non-hydrogen) atoms. The quantitative estimate of drug-likeness (QED) is 0.0212. The van der Waals surface area contributed by atoms with Gasteiger partial charge in [-0.2, -0.15) is 0 Å². The molecule has 528 valence electrons. The first-order chi connectivity index (χ1) is 48.2. The summed E-state index contributed by atoms with van der Waals surface area (Å²) >= 11 is 0. The van der Waals surface area contributed by atoms with Gasteiger partial charge in [0.1, 0.15) is 48.3 Å². The molecule has 0 aliphatic carbocycles. The van der Waals surface area contributed by atoms with Gasteiger partial charge >= 0.3 is 0 Å². The number of H-pyrrole nitrogens is 4. The number of benzene rings is 4. The molecule has 4 aromatic heterocycles. The topological polar surface area (TPSA) is 544 Å². The zero-order chi connectivity index (χ0) is 71.2. The van der Waals surface area contributed by atoms with Gasteiger partial charge in [-0.15, -0.1) is 0 Å². The van der Waals surface area contributed by atoms with Crippen molar-refractivity contribution in [1.82, 2.24) is 83.7 Å². The van der Waals surface area contributed by atoms with E-state index in [-0.39, 0.29) is 127 Å². The molecule has 0 spiro atoms. The fourth-order valence-corrected chi connectivity index (χ4v) is 12.3. The molecule has 32 nitrogen and oxygen atoms in total. The number of carbonyl (C=O) groups is 8. The molecule has 4 aromatic carbocycles. The summed E-state index contributed by atoms with van der Waals surface area (Å²) in [5.74, 6) is -8.33. The largest absolute Gasteiger partial charge is 0.370 e. The standard InChI is InChI=1S/C68H88N24O8/c69-65(70)77-25-9-21-49-57(93)85-50(22-10-26-78-66(71)72)58(94)87-52(24-12-28-80-68(75)76)60(96)89-54(30-38-34-82-46-18-6-2-14-42(38)46)62(98)91-56(32-40-36-84-48-20-8-4-16-44(40)48)64(100)92-55(31-39-35-83-47-19-7-3-15-43(39)47)63(99)90-53(29-37-33-81-45-17-5-1-13-41(37)45)61(97)88-51(59(95)86-49)23-11-27-79-67(73)74/h1-8,13-20,33-36,49-56,81-84H,9-12,21-32H2,(H,85,93)(H,86,95)(H,87,94)(H,88,97)(H,89,96)(H,90,99)(H,91,98)(H,92,100)(H4,69,70,77)(H4,71,72,78)(H4,73,74,79)(H4,75,76,80)/t49-,50-,51-,52-,53-,54-,55-,56-/m0/s1. The fraction of sp³-hybridized carbons (Fsp3) is 0.353. The summed E-state index contributed by atoms with van der Waals surface area (Å²) in [6.07, 6.45) is 6.05. The summed E-state index contributed by atoms with van der Waals surface area (Å²) in [5.41, 5.74) is 27.8. The second-order valence-corrected chi connectivity index (χ2v) is 24.7. The van der Waals surface area contributed by atoms with Crippen LogP contribution < -0.4 is 86.7 Å². The van der Waals surface area contributed by atoms with E-state index in [1.54, 1.807) is 24.8 Å². The van der Waals surface area contributed by atoms with Crippen LogP contribution in [-0.2, 0) is 64.0 Å². The zero-order valence-corrected chi connectivity index (χ0v) is 55.1. The lowest BCUT2D eigenvalue weighted by atomic mass is 9.99. The Kier molecular flexibility index (Phi) is 25.0. The van der Waals surface area contributed by atoms with Crippen molar-refractivity contribution in [3.63, 3.8) is 0 Å². The van der Waals surface area contributed by atoms with Crippen LogP contribution in [0.4, 0.5) is 0 Å². The highest BCUT2D eigenvalue weighted by Crippen LogP contribution is 2.25. The van der Waals surface area contributed by atoms with Gasteiger partial charge in [0.25, 0.3) is 0 Å². The van der Waals surface area contributed by atoms with Crippen LogP contribution in [0.25, 0.3) is 43.6 Å². The molecule has 1 aliphatic rings. The highest BCUT2D eigenvalue weighted by molar-refractivity contribution is 6.00. The van der Waals surface area contributed by atoms with Gasteiger partial charge in [-0.1, -0.05) is 72.8 Å². The first-order valence-electron chi connectivity index (χ1n) is 33.1. The van der Waals surface area contributed by atoms with Crippen molar-refractivity contribution >= 4 is 115 Å². The lowest BCUT2D eigenvalue weighted by Gasteiger charge is -2.29. The van der Waals surface area contributed by atoms with Crippen LogP contribution in [0.3, 0.4) is 0 Å². The minimum atomic E-state index is -1.50. The number of hydrogen-bond acceptors (Lipinski definition) is 12. The van der Waals surface area contributed by atoms with E-state index in [1.807, 2.05) is 97.1 Å². The van der Waals surface area contributed by atoms with Crippen molar-refractivity contribution < 1.29 is 38.4 Å². The van der Waals surface area contributed by atoms with Gasteiger partial charge in [-0.3, -0.25) is 60.0 Å². The SMILES string of the molecule is N=C(N)NCCC[C@@H]1NC(=O)[C@H](CCCNC(=N)N)NC(=O)[C@H](CCCNC(=N)N)NC(=O)[C@H](Cc2c[nH]c3ccccc23)NC(=O)[C@H](Cc2c[nH]c3ccccc23)NC(=O)[C@H](Cc2c[nH]c3ccccc23)NC(=O)[C@H](Cc2c[nH]c3ccccc23)NC(=O)[C@H](CCCNC(=N)N)NC1=O. The van der Waals surface area contributed by atoms with Crippen molar-refractivity contribution in [2.75, 3.05) is 26.2 Å². The van der Waals surface area contributed by atoms with Crippen LogP contribution in [0.1, 0.15) is 73.6 Å². The molecule has 8 aromatic rings. The number of carbonyl (C=O) groups excluding carboxylic acids is 8. The van der Waals surface area contributed by atoms with Crippen molar-refractivity contribution in [3.05, 3.63) is 144 Å². The van der Waals surface area contributed by atoms with E-state index >= 15 is 33.6 Å². The van der Waals surface area contributed by atoms with Gasteiger partial charge in [-0.25, -0.2) is 0 Å². The maximum atomic E-state index is 15.7. The van der Waals surface area contributed by atoms with Crippen molar-refractivity contribution in [2.24, 2.45) is 22.9 Å². The molecular formula is C68H88N24O8. The Balaban J connectivity index is 1.18. The monoisotopic (exact) mass is 1370 g/mol. The first-order valence-corrected chi connectivity index (χ1v) is 33.1. The molecule has 1 aliphatic heterocycles. The van der Waals surface area contributed by atoms with E-state index < -0.39 is 95.6 Å². The molecule has 1 fully saturated rings. The number of nitrogens with one attached hydrogen (secondary N) is 20. The average Bonchev–Trinajstić information content (AvgIpc) is 1.63. The third-order valence-electron chi connectivity index (χ3n) is 17.4. The Morgan fingerprint density at radius 1 is 0.290 bits per heavy atom. The third kappa shape index (κ3) is 20.0. The van der Waals surface area contributed by atoms with Crippen molar-refractivity contribution in [3.8, 4) is 0 Å². The van der Waals surface area contributed by atoms with Gasteiger partial charge in [-0.05, 0) is 97.9 Å². The number of guanidine groups is 4. The second kappa shape index (κ2) is 34.7. The third-order valence-corrected chi connectivity index (χ3v) is 17.4. The number of amides is 8. The van der Waals surface area contributed by atoms with E-state index in [9.17, 15) is 4.79 Å². The van der Waals surface area contributed by atoms with Crippen LogP contribution in [0.2, 0.25) is 0 Å². The molecule has 5 heterocycles. The van der Waals surface area contributed by atoms with Gasteiger partial charge in [0.05, 0.1) is 0 Å². The lowest BCUT2D eigenvalue weighted by Crippen LogP contribution is -2.62.